The van der Waals surface area contributed by atoms with E-state index in [2.05, 4.69) is 4.72 Å². The zero-order chi connectivity index (χ0) is 32.6. The van der Waals surface area contributed by atoms with Crippen LogP contribution in [0.5, 0.6) is 5.75 Å². The second-order valence-corrected chi connectivity index (χ2v) is 13.7. The van der Waals surface area contributed by atoms with Crippen LogP contribution in [0.3, 0.4) is 0 Å². The van der Waals surface area contributed by atoms with Crippen LogP contribution in [0, 0.1) is 11.8 Å². The van der Waals surface area contributed by atoms with Crippen LogP contribution in [0.2, 0.25) is 5.02 Å². The largest absolute Gasteiger partial charge is 0.508 e. The number of primary amides is 1. The van der Waals surface area contributed by atoms with Gasteiger partial charge in [0.05, 0.1) is 22.2 Å². The molecule has 13 nitrogen and oxygen atoms in total. The van der Waals surface area contributed by atoms with E-state index in [9.17, 15) is 43.2 Å². The quantitative estimate of drug-likeness (QED) is 0.195. The van der Waals surface area contributed by atoms with Crippen LogP contribution in [0.25, 0.3) is 5.76 Å². The van der Waals surface area contributed by atoms with E-state index in [-0.39, 0.29) is 34.6 Å². The van der Waals surface area contributed by atoms with Crippen LogP contribution in [0.1, 0.15) is 17.5 Å². The van der Waals surface area contributed by atoms with E-state index < -0.39 is 73.8 Å². The number of aliphatic hydroxyl groups is 3. The van der Waals surface area contributed by atoms with Gasteiger partial charge < -0.3 is 31.1 Å². The summed E-state index contributed by atoms with van der Waals surface area (Å²) in [6, 6.07) is 5.48. The van der Waals surface area contributed by atoms with Gasteiger partial charge in [0.15, 0.2) is 17.1 Å². The number of Topliss-reactive ketones (excluding diaryl/α,β-unsaturated/α-hetero) is 2. The molecule has 2 unspecified atom stereocenters. The Morgan fingerprint density at radius 3 is 2.25 bits per heavy atom. The van der Waals surface area contributed by atoms with Crippen molar-refractivity contribution in [3.63, 3.8) is 0 Å². The first-order valence-electron chi connectivity index (χ1n) is 13.4. The lowest BCUT2D eigenvalue weighted by atomic mass is 9.57. The van der Waals surface area contributed by atoms with Crippen LogP contribution in [-0.2, 0) is 30.8 Å². The molecule has 0 heterocycles. The molecule has 2 aromatic rings. The average Bonchev–Trinajstić information content (AvgIpc) is 2.91. The minimum atomic E-state index is -4.25. The molecule has 44 heavy (non-hydrogen) atoms. The fourth-order valence-corrected chi connectivity index (χ4v) is 7.77. The monoisotopic (exact) mass is 646 g/mol. The number of amides is 1. The first kappa shape index (κ1) is 31.3. The fraction of sp³-hybridized carbons (Fsp3) is 0.345. The Balaban J connectivity index is 1.71. The standard InChI is InChI=1S/C29H31ClN4O9S/c1-33(2)18-11-17(32-44(42,43)14-7-5-13(30)6-8-14)23(35)20-15(18)9-12-10-16-22(34(3)4)25(37)21(28(31)40)27(39)29(16,41)26(38)19(12)24(20)36/h5-8,11-12,16,22,32,35-36,39,41H,9-10H2,1-4H3,(H2,31,40)/t12?,16?,22-,29-/m0/s1. The third-order valence-corrected chi connectivity index (χ3v) is 10.2. The highest BCUT2D eigenvalue weighted by Gasteiger charge is 2.64. The number of aliphatic hydroxyl groups excluding tert-OH is 2. The molecule has 1 fully saturated rings. The maximum atomic E-state index is 14.1. The third-order valence-electron chi connectivity index (χ3n) is 8.55. The molecule has 0 aliphatic heterocycles. The van der Waals surface area contributed by atoms with Gasteiger partial charge >= 0.3 is 0 Å². The van der Waals surface area contributed by atoms with E-state index in [1.807, 2.05) is 0 Å². The van der Waals surface area contributed by atoms with Crippen molar-refractivity contribution >= 4 is 56.2 Å². The molecule has 0 aromatic heterocycles. The number of ketones is 2. The molecule has 0 spiro atoms. The molecular formula is C29H31ClN4O9S. The summed E-state index contributed by atoms with van der Waals surface area (Å²) in [6.07, 6.45) is -0.0375. The van der Waals surface area contributed by atoms with Crippen molar-refractivity contribution in [2.24, 2.45) is 17.6 Å². The molecule has 0 bridgehead atoms. The molecule has 2 aromatic carbocycles. The number of nitrogens with one attached hydrogen (secondary N) is 1. The Kier molecular flexibility index (Phi) is 7.48. The van der Waals surface area contributed by atoms with Gasteiger partial charge in [-0.1, -0.05) is 11.6 Å². The van der Waals surface area contributed by atoms with E-state index in [0.29, 0.717) is 16.3 Å². The summed E-state index contributed by atoms with van der Waals surface area (Å²) in [7, 11) is 2.12. The van der Waals surface area contributed by atoms with Gasteiger partial charge in [-0.3, -0.25) is 24.0 Å². The third kappa shape index (κ3) is 4.51. The predicted molar refractivity (Wildman–Crippen MR) is 161 cm³/mol. The van der Waals surface area contributed by atoms with E-state index >= 15 is 0 Å². The van der Waals surface area contributed by atoms with Crippen LogP contribution in [-0.4, -0.2) is 91.1 Å². The number of phenols is 1. The molecule has 3 aliphatic carbocycles. The number of aromatic hydroxyl groups is 1. The van der Waals surface area contributed by atoms with Crippen molar-refractivity contribution < 1.29 is 43.2 Å². The molecular weight excluding hydrogens is 616 g/mol. The second kappa shape index (κ2) is 10.5. The van der Waals surface area contributed by atoms with Gasteiger partial charge in [0.1, 0.15) is 17.1 Å². The number of hydrogen-bond acceptors (Lipinski definition) is 11. The number of nitrogens with zero attached hydrogens (tertiary/aromatic N) is 2. The zero-order valence-electron chi connectivity index (χ0n) is 24.1. The number of nitrogens with two attached hydrogens (primary N) is 1. The molecule has 5 rings (SSSR count). The van der Waals surface area contributed by atoms with Crippen molar-refractivity contribution in [1.82, 2.24) is 4.90 Å². The fourth-order valence-electron chi connectivity index (χ4n) is 6.59. The van der Waals surface area contributed by atoms with Gasteiger partial charge in [-0.05, 0) is 68.8 Å². The molecule has 1 saturated carbocycles. The summed E-state index contributed by atoms with van der Waals surface area (Å²) >= 11 is 5.88. The normalized spacial score (nSPS) is 25.0. The number of carbonyl (C=O) groups excluding carboxylic acids is 3. The van der Waals surface area contributed by atoms with Crippen molar-refractivity contribution in [2.45, 2.75) is 29.4 Å². The van der Waals surface area contributed by atoms with E-state index in [1.54, 1.807) is 19.0 Å². The van der Waals surface area contributed by atoms with Crippen molar-refractivity contribution in [3.05, 3.63) is 63.4 Å². The predicted octanol–water partition coefficient (Wildman–Crippen LogP) is 1.48. The van der Waals surface area contributed by atoms with Crippen LogP contribution >= 0.6 is 11.6 Å². The summed E-state index contributed by atoms with van der Waals surface area (Å²) in [6.45, 7) is 0. The number of halogens is 1. The number of likely N-dealkylation sites (N-methyl/N-ethyl adjacent to an activating group) is 1. The molecule has 4 atom stereocenters. The van der Waals surface area contributed by atoms with E-state index in [0.717, 1.165) is 0 Å². The zero-order valence-corrected chi connectivity index (χ0v) is 25.7. The van der Waals surface area contributed by atoms with Gasteiger partial charge in [-0.25, -0.2) is 8.42 Å². The number of anilines is 2. The maximum Gasteiger partial charge on any atom is 0.262 e. The number of hydrogen-bond donors (Lipinski definition) is 6. The lowest BCUT2D eigenvalue weighted by molar-refractivity contribution is -0.153. The Bertz CT molecular complexity index is 1800. The van der Waals surface area contributed by atoms with E-state index in [4.69, 9.17) is 17.3 Å². The lowest BCUT2D eigenvalue weighted by Gasteiger charge is -2.50. The molecule has 1 amide bonds. The van der Waals surface area contributed by atoms with Crippen LogP contribution in [0.15, 0.2) is 52.1 Å². The molecule has 0 radical (unpaired) electrons. The van der Waals surface area contributed by atoms with E-state index in [1.165, 1.54) is 49.3 Å². The van der Waals surface area contributed by atoms with Gasteiger partial charge in [0.2, 0.25) is 5.78 Å². The summed E-state index contributed by atoms with van der Waals surface area (Å²) in [5, 5.41) is 46.0. The minimum absolute atomic E-state index is 0.0415. The highest BCUT2D eigenvalue weighted by molar-refractivity contribution is 7.92. The Hall–Kier alpha value is -4.11. The van der Waals surface area contributed by atoms with Gasteiger partial charge in [0.25, 0.3) is 15.9 Å². The number of carbonyl (C=O) groups is 3. The number of phenolic OH excluding ortho intramolecular Hbond substituents is 1. The highest BCUT2D eigenvalue weighted by Crippen LogP contribution is 2.54. The summed E-state index contributed by atoms with van der Waals surface area (Å²) < 4.78 is 28.6. The van der Waals surface area contributed by atoms with Gasteiger partial charge in [-0.2, -0.15) is 0 Å². The Morgan fingerprint density at radius 2 is 1.70 bits per heavy atom. The van der Waals surface area contributed by atoms with Gasteiger partial charge in [0, 0.05) is 36.3 Å². The maximum absolute atomic E-state index is 14.1. The molecule has 234 valence electrons. The number of fused-ring (bicyclic) bond motifs is 3. The lowest BCUT2D eigenvalue weighted by Crippen LogP contribution is -2.65. The summed E-state index contributed by atoms with van der Waals surface area (Å²) in [5.74, 6) is -7.98. The molecule has 15 heteroatoms. The summed E-state index contributed by atoms with van der Waals surface area (Å²) in [5.41, 5.74) is 1.54. The molecule has 7 N–H and O–H groups in total. The molecule has 3 aliphatic rings. The van der Waals surface area contributed by atoms with Crippen molar-refractivity contribution in [3.8, 4) is 5.75 Å². The average molecular weight is 647 g/mol. The number of benzene rings is 2. The summed E-state index contributed by atoms with van der Waals surface area (Å²) in [4.78, 5) is 42.4. The topological polar surface area (TPSA) is 211 Å². The number of sulfonamides is 1. The van der Waals surface area contributed by atoms with Gasteiger partial charge in [-0.15, -0.1) is 0 Å². The smallest absolute Gasteiger partial charge is 0.262 e. The molecule has 0 saturated heterocycles. The first-order chi connectivity index (χ1) is 20.4. The Labute approximate surface area is 257 Å². The van der Waals surface area contributed by atoms with Crippen LogP contribution in [0.4, 0.5) is 11.4 Å². The first-order valence-corrected chi connectivity index (χ1v) is 15.3. The minimum Gasteiger partial charge on any atom is -0.508 e. The SMILES string of the molecule is CN(C)c1cc(NS(=O)(=O)c2ccc(Cl)cc2)c(O)c2c1CC1CC3[C@H](N(C)C)C(=O)C(C(N)=O)=C(O)[C@@]3(O)C(=O)C1=C2O. The van der Waals surface area contributed by atoms with Crippen molar-refractivity contribution in [2.75, 3.05) is 37.8 Å². The highest BCUT2D eigenvalue weighted by atomic mass is 35.5. The van der Waals surface area contributed by atoms with Crippen molar-refractivity contribution in [1.29, 1.82) is 0 Å². The van der Waals surface area contributed by atoms with Crippen LogP contribution < -0.4 is 15.4 Å². The number of rotatable bonds is 6. The second-order valence-electron chi connectivity index (χ2n) is 11.6. The Morgan fingerprint density at radius 1 is 1.09 bits per heavy atom.